The molecule has 1 heterocycles. The number of aromatic nitrogens is 1. The molecule has 0 fully saturated rings. The summed E-state index contributed by atoms with van der Waals surface area (Å²) in [6.45, 7) is 15.6. The fourth-order valence-corrected chi connectivity index (χ4v) is 3.22. The summed E-state index contributed by atoms with van der Waals surface area (Å²) in [6.07, 6.45) is -1.97. The van der Waals surface area contributed by atoms with E-state index < -0.39 is 35.1 Å². The molecular formula is C30H36N4O6. The van der Waals surface area contributed by atoms with Gasteiger partial charge in [0, 0.05) is 5.39 Å². The Morgan fingerprint density at radius 2 is 1.30 bits per heavy atom. The zero-order chi connectivity index (χ0) is 30.3. The van der Waals surface area contributed by atoms with Crippen LogP contribution in [-0.4, -0.2) is 52.7 Å². The number of carbonyl (C=O) groups is 3. The number of amides is 2. The molecule has 40 heavy (non-hydrogen) atoms. The number of fused-ring (bicyclic) bond motifs is 1. The Labute approximate surface area is 235 Å². The van der Waals surface area contributed by atoms with Gasteiger partial charge in [0.25, 0.3) is 0 Å². The normalized spacial score (nSPS) is 11.2. The maximum atomic E-state index is 13.3. The number of nitrogens with one attached hydrogen (secondary N) is 2. The predicted molar refractivity (Wildman–Crippen MR) is 151 cm³/mol. The smallest absolute Gasteiger partial charge is 0.420 e. The summed E-state index contributed by atoms with van der Waals surface area (Å²) in [5, 5.41) is 15.1. The molecule has 2 rings (SSSR count). The van der Waals surface area contributed by atoms with E-state index in [0.717, 1.165) is 0 Å². The van der Waals surface area contributed by atoms with E-state index in [-0.39, 0.29) is 18.8 Å². The van der Waals surface area contributed by atoms with Gasteiger partial charge in [-0.2, -0.15) is 5.26 Å². The lowest BCUT2D eigenvalue weighted by molar-refractivity contribution is 0.0523. The van der Waals surface area contributed by atoms with E-state index >= 15 is 0 Å². The third-order valence-corrected chi connectivity index (χ3v) is 4.53. The van der Waals surface area contributed by atoms with Crippen LogP contribution in [0, 0.1) is 35.0 Å². The number of alkyl carbamates (subject to hydrolysis) is 2. The molecule has 0 saturated heterocycles. The van der Waals surface area contributed by atoms with Crippen LogP contribution in [0.5, 0.6) is 0 Å². The SMILES string of the molecule is CC(C)(C)OC(=O)NCC#Cc1c(C#CCNC(=O)OC(C)(C)C)n(C(=O)OC(C)(C)C)c2cc(C#N)ccc12. The number of hydrogen-bond acceptors (Lipinski definition) is 7. The van der Waals surface area contributed by atoms with E-state index in [0.29, 0.717) is 22.0 Å². The fourth-order valence-electron chi connectivity index (χ4n) is 3.22. The molecule has 0 atom stereocenters. The van der Waals surface area contributed by atoms with Gasteiger partial charge in [-0.05, 0) is 80.4 Å². The van der Waals surface area contributed by atoms with Crippen LogP contribution in [0.25, 0.3) is 10.9 Å². The summed E-state index contributed by atoms with van der Waals surface area (Å²) in [4.78, 5) is 37.4. The number of hydrogen-bond donors (Lipinski definition) is 2. The number of ether oxygens (including phenoxy) is 3. The maximum absolute atomic E-state index is 13.3. The Kier molecular flexibility index (Phi) is 9.87. The zero-order valence-electron chi connectivity index (χ0n) is 24.5. The minimum absolute atomic E-state index is 0.0304. The molecule has 0 aliphatic carbocycles. The molecule has 1 aromatic carbocycles. The molecule has 212 valence electrons. The van der Waals surface area contributed by atoms with Gasteiger partial charge in [-0.15, -0.1) is 0 Å². The van der Waals surface area contributed by atoms with Gasteiger partial charge >= 0.3 is 18.3 Å². The third-order valence-electron chi connectivity index (χ3n) is 4.53. The number of benzene rings is 1. The van der Waals surface area contributed by atoms with Gasteiger partial charge in [0.1, 0.15) is 22.5 Å². The van der Waals surface area contributed by atoms with Crippen molar-refractivity contribution < 1.29 is 28.6 Å². The van der Waals surface area contributed by atoms with E-state index in [1.54, 1.807) is 80.5 Å². The molecule has 0 radical (unpaired) electrons. The second-order valence-electron chi connectivity index (χ2n) is 11.7. The second kappa shape index (κ2) is 12.5. The van der Waals surface area contributed by atoms with E-state index in [9.17, 15) is 19.6 Å². The van der Waals surface area contributed by atoms with Crippen molar-refractivity contribution in [3.05, 3.63) is 35.0 Å². The number of nitrogens with zero attached hydrogens (tertiary/aromatic N) is 2. The van der Waals surface area contributed by atoms with Crippen LogP contribution < -0.4 is 10.6 Å². The lowest BCUT2D eigenvalue weighted by Gasteiger charge is -2.20. The van der Waals surface area contributed by atoms with Crippen molar-refractivity contribution in [2.45, 2.75) is 79.1 Å². The topological polar surface area (TPSA) is 132 Å². The molecule has 2 amide bonds. The van der Waals surface area contributed by atoms with Crippen LogP contribution in [-0.2, 0) is 14.2 Å². The first-order valence-corrected chi connectivity index (χ1v) is 12.6. The van der Waals surface area contributed by atoms with Gasteiger partial charge < -0.3 is 24.8 Å². The van der Waals surface area contributed by atoms with Crippen molar-refractivity contribution in [1.82, 2.24) is 15.2 Å². The van der Waals surface area contributed by atoms with Gasteiger partial charge in [-0.3, -0.25) is 0 Å². The molecule has 0 unspecified atom stereocenters. The molecule has 0 bridgehead atoms. The molecule has 10 heteroatoms. The lowest BCUT2D eigenvalue weighted by Crippen LogP contribution is -2.32. The van der Waals surface area contributed by atoms with Crippen molar-refractivity contribution in [3.8, 4) is 29.8 Å². The first kappa shape index (κ1) is 31.6. The van der Waals surface area contributed by atoms with Crippen molar-refractivity contribution >= 4 is 29.2 Å². The largest absolute Gasteiger partial charge is 0.444 e. The molecule has 0 spiro atoms. The van der Waals surface area contributed by atoms with E-state index in [1.807, 2.05) is 0 Å². The highest BCUT2D eigenvalue weighted by Gasteiger charge is 2.25. The minimum atomic E-state index is -0.813. The highest BCUT2D eigenvalue weighted by atomic mass is 16.6. The van der Waals surface area contributed by atoms with Crippen LogP contribution in [0.1, 0.15) is 79.1 Å². The summed E-state index contributed by atoms with van der Waals surface area (Å²) >= 11 is 0. The molecule has 0 saturated carbocycles. The first-order chi connectivity index (χ1) is 18.4. The van der Waals surface area contributed by atoms with Crippen molar-refractivity contribution in [2.24, 2.45) is 0 Å². The quantitative estimate of drug-likeness (QED) is 0.397. The molecule has 2 N–H and O–H groups in total. The van der Waals surface area contributed by atoms with Gasteiger partial charge in [0.2, 0.25) is 0 Å². The zero-order valence-corrected chi connectivity index (χ0v) is 24.5. The molecular weight excluding hydrogens is 512 g/mol. The van der Waals surface area contributed by atoms with Gasteiger partial charge in [-0.25, -0.2) is 19.0 Å². The molecule has 1 aromatic heterocycles. The Morgan fingerprint density at radius 1 is 0.800 bits per heavy atom. The van der Waals surface area contributed by atoms with Crippen LogP contribution in [0.15, 0.2) is 18.2 Å². The van der Waals surface area contributed by atoms with Crippen LogP contribution in [0.2, 0.25) is 0 Å². The Bertz CT molecular complexity index is 1450. The standard InChI is InChI=1S/C30H36N4O6/c1-28(2,3)38-25(35)32-16-10-12-21-22-15-14-20(19-31)18-24(22)34(27(37)40-30(7,8)9)23(21)13-11-17-33-26(36)39-29(4,5)6/h14-15,18H,16-17H2,1-9H3,(H,32,35)(H,33,36). The van der Waals surface area contributed by atoms with Crippen molar-refractivity contribution in [2.75, 3.05) is 13.1 Å². The van der Waals surface area contributed by atoms with Crippen molar-refractivity contribution in [3.63, 3.8) is 0 Å². The average molecular weight is 549 g/mol. The minimum Gasteiger partial charge on any atom is -0.444 e. The highest BCUT2D eigenvalue weighted by Crippen LogP contribution is 2.28. The first-order valence-electron chi connectivity index (χ1n) is 12.6. The van der Waals surface area contributed by atoms with Crippen molar-refractivity contribution in [1.29, 1.82) is 5.26 Å². The predicted octanol–water partition coefficient (Wildman–Crippen LogP) is 5.05. The average Bonchev–Trinajstić information content (AvgIpc) is 3.08. The molecule has 0 aliphatic rings. The summed E-state index contributed by atoms with van der Waals surface area (Å²) in [5.41, 5.74) is -0.848. The van der Waals surface area contributed by atoms with E-state index in [4.69, 9.17) is 14.2 Å². The van der Waals surface area contributed by atoms with E-state index in [1.165, 1.54) is 4.57 Å². The molecule has 2 aromatic rings. The van der Waals surface area contributed by atoms with Gasteiger partial charge in [0.15, 0.2) is 0 Å². The lowest BCUT2D eigenvalue weighted by atomic mass is 10.1. The van der Waals surface area contributed by atoms with Crippen LogP contribution in [0.3, 0.4) is 0 Å². The summed E-state index contributed by atoms with van der Waals surface area (Å²) in [5.74, 6) is 11.6. The summed E-state index contributed by atoms with van der Waals surface area (Å²) in [6, 6.07) is 6.89. The maximum Gasteiger partial charge on any atom is 0.420 e. The van der Waals surface area contributed by atoms with Crippen LogP contribution >= 0.6 is 0 Å². The third kappa shape index (κ3) is 9.93. The molecule has 0 aliphatic heterocycles. The monoisotopic (exact) mass is 548 g/mol. The van der Waals surface area contributed by atoms with Gasteiger partial charge in [0.05, 0.1) is 35.8 Å². The van der Waals surface area contributed by atoms with Gasteiger partial charge in [-0.1, -0.05) is 23.8 Å². The summed E-state index contributed by atoms with van der Waals surface area (Å²) < 4.78 is 17.3. The molecule has 10 nitrogen and oxygen atoms in total. The number of carbonyl (C=O) groups excluding carboxylic acids is 3. The Hall–Kier alpha value is -4.62. The Morgan fingerprint density at radius 3 is 1.77 bits per heavy atom. The highest BCUT2D eigenvalue weighted by molar-refractivity contribution is 5.97. The second-order valence-corrected chi connectivity index (χ2v) is 11.7. The summed E-state index contributed by atoms with van der Waals surface area (Å²) in [7, 11) is 0. The number of rotatable bonds is 2. The number of nitriles is 1. The van der Waals surface area contributed by atoms with Crippen LogP contribution in [0.4, 0.5) is 14.4 Å². The Balaban J connectivity index is 2.57. The fraction of sp³-hybridized carbons (Fsp3) is 0.467. The van der Waals surface area contributed by atoms with E-state index in [2.05, 4.69) is 40.4 Å².